The van der Waals surface area contributed by atoms with Crippen LogP contribution in [0, 0.1) is 5.82 Å². The first-order valence-corrected chi connectivity index (χ1v) is 6.91. The summed E-state index contributed by atoms with van der Waals surface area (Å²) in [5.41, 5.74) is 0.655. The second kappa shape index (κ2) is 7.04. The summed E-state index contributed by atoms with van der Waals surface area (Å²) in [6.07, 6.45) is 7.03. The number of aromatic nitrogens is 2. The zero-order chi connectivity index (χ0) is 15.2. The molecule has 21 heavy (non-hydrogen) atoms. The molecular formula is C15H15ClFN3O. The van der Waals surface area contributed by atoms with Gasteiger partial charge in [0.2, 0.25) is 5.91 Å². The normalized spacial score (nSPS) is 12.5. The molecule has 2 rings (SSSR count). The lowest BCUT2D eigenvalue weighted by Gasteiger charge is -2.12. The van der Waals surface area contributed by atoms with Crippen molar-refractivity contribution < 1.29 is 9.18 Å². The number of hydrogen-bond acceptors (Lipinski definition) is 2. The number of aromatic amines is 1. The third kappa shape index (κ3) is 4.16. The topological polar surface area (TPSA) is 57.8 Å². The Morgan fingerprint density at radius 2 is 2.38 bits per heavy atom. The predicted molar refractivity (Wildman–Crippen MR) is 80.2 cm³/mol. The molecule has 1 aromatic carbocycles. The lowest BCUT2D eigenvalue weighted by atomic mass is 10.2. The highest BCUT2D eigenvalue weighted by molar-refractivity contribution is 6.30. The largest absolute Gasteiger partial charge is 0.347 e. The average Bonchev–Trinajstić information content (AvgIpc) is 3.00. The minimum atomic E-state index is -0.484. The van der Waals surface area contributed by atoms with Crippen LogP contribution in [-0.2, 0) is 4.79 Å². The molecule has 1 amide bonds. The van der Waals surface area contributed by atoms with E-state index in [1.807, 2.05) is 6.92 Å². The first-order valence-electron chi connectivity index (χ1n) is 6.53. The highest BCUT2D eigenvalue weighted by Crippen LogP contribution is 2.17. The van der Waals surface area contributed by atoms with E-state index in [0.29, 0.717) is 11.4 Å². The molecule has 1 aromatic heterocycles. The number of amides is 1. The minimum Gasteiger partial charge on any atom is -0.347 e. The van der Waals surface area contributed by atoms with Crippen LogP contribution in [0.2, 0.25) is 5.02 Å². The van der Waals surface area contributed by atoms with Gasteiger partial charge in [0.15, 0.2) is 0 Å². The van der Waals surface area contributed by atoms with Crippen molar-refractivity contribution in [3.05, 3.63) is 58.9 Å². The number of carbonyl (C=O) groups excluding carboxylic acids is 1. The van der Waals surface area contributed by atoms with E-state index in [9.17, 15) is 9.18 Å². The van der Waals surface area contributed by atoms with Gasteiger partial charge in [-0.1, -0.05) is 24.6 Å². The number of rotatable bonds is 5. The number of hydrogen-bond donors (Lipinski definition) is 2. The van der Waals surface area contributed by atoms with Gasteiger partial charge in [0.25, 0.3) is 0 Å². The van der Waals surface area contributed by atoms with Crippen LogP contribution in [0.4, 0.5) is 4.39 Å². The fourth-order valence-corrected chi connectivity index (χ4v) is 2.03. The van der Waals surface area contributed by atoms with E-state index in [-0.39, 0.29) is 17.0 Å². The number of nitrogens with one attached hydrogen (secondary N) is 2. The summed E-state index contributed by atoms with van der Waals surface area (Å²) in [4.78, 5) is 19.0. The lowest BCUT2D eigenvalue weighted by molar-refractivity contribution is -0.117. The minimum absolute atomic E-state index is 0.0274. The van der Waals surface area contributed by atoms with Gasteiger partial charge in [-0.3, -0.25) is 4.79 Å². The molecule has 2 N–H and O–H groups in total. The van der Waals surface area contributed by atoms with E-state index in [1.165, 1.54) is 18.2 Å². The summed E-state index contributed by atoms with van der Waals surface area (Å²) in [6.45, 7) is 1.96. The monoisotopic (exact) mass is 307 g/mol. The van der Waals surface area contributed by atoms with Gasteiger partial charge in [-0.15, -0.1) is 0 Å². The molecule has 0 radical (unpaired) electrons. The summed E-state index contributed by atoms with van der Waals surface area (Å²) in [5, 5.41) is 2.87. The molecule has 4 nitrogen and oxygen atoms in total. The predicted octanol–water partition coefficient (Wildman–Crippen LogP) is 3.48. The summed E-state index contributed by atoms with van der Waals surface area (Å²) in [7, 11) is 0. The van der Waals surface area contributed by atoms with Crippen molar-refractivity contribution in [2.24, 2.45) is 0 Å². The number of halogens is 2. The van der Waals surface area contributed by atoms with Gasteiger partial charge >= 0.3 is 0 Å². The lowest BCUT2D eigenvalue weighted by Crippen LogP contribution is -2.27. The van der Waals surface area contributed by atoms with E-state index in [0.717, 1.165) is 6.42 Å². The third-order valence-corrected chi connectivity index (χ3v) is 3.23. The zero-order valence-electron chi connectivity index (χ0n) is 11.4. The van der Waals surface area contributed by atoms with Crippen molar-refractivity contribution >= 4 is 23.6 Å². The molecule has 0 spiro atoms. The second-order valence-corrected chi connectivity index (χ2v) is 4.86. The Morgan fingerprint density at radius 3 is 3.00 bits per heavy atom. The molecule has 0 saturated heterocycles. The molecule has 6 heteroatoms. The summed E-state index contributed by atoms with van der Waals surface area (Å²) in [5.74, 6) is -0.0232. The van der Waals surface area contributed by atoms with Crippen molar-refractivity contribution in [3.63, 3.8) is 0 Å². The van der Waals surface area contributed by atoms with Crippen LogP contribution >= 0.6 is 11.6 Å². The molecular weight excluding hydrogens is 293 g/mol. The van der Waals surface area contributed by atoms with Crippen LogP contribution in [0.15, 0.2) is 36.7 Å². The molecule has 1 atom stereocenters. The number of imidazole rings is 1. The first-order chi connectivity index (χ1) is 10.1. The SMILES string of the molecule is CCC(NC(=O)/C=C/c1ccc(F)c(Cl)c1)c1ncc[nH]1. The molecule has 110 valence electrons. The van der Waals surface area contributed by atoms with Crippen LogP contribution < -0.4 is 5.32 Å². The van der Waals surface area contributed by atoms with E-state index in [4.69, 9.17) is 11.6 Å². The van der Waals surface area contributed by atoms with Gasteiger partial charge in [0.05, 0.1) is 11.1 Å². The van der Waals surface area contributed by atoms with Crippen LogP contribution in [0.5, 0.6) is 0 Å². The van der Waals surface area contributed by atoms with Crippen molar-refractivity contribution in [1.29, 1.82) is 0 Å². The van der Waals surface area contributed by atoms with Gasteiger partial charge < -0.3 is 10.3 Å². The van der Waals surface area contributed by atoms with Crippen LogP contribution in [0.1, 0.15) is 30.8 Å². The van der Waals surface area contributed by atoms with Crippen molar-refractivity contribution in [3.8, 4) is 0 Å². The Labute approximate surface area is 127 Å². The Kier molecular flexibility index (Phi) is 5.11. The molecule has 0 bridgehead atoms. The fraction of sp³-hybridized carbons (Fsp3) is 0.200. The standard InChI is InChI=1S/C15H15ClFN3O/c1-2-13(15-18-7-8-19-15)20-14(21)6-4-10-3-5-12(17)11(16)9-10/h3-9,13H,2H2,1H3,(H,18,19)(H,20,21)/b6-4+. The summed E-state index contributed by atoms with van der Waals surface area (Å²) in [6, 6.07) is 4.10. The average molecular weight is 308 g/mol. The Bertz CT molecular complexity index is 640. The van der Waals surface area contributed by atoms with Gasteiger partial charge in [-0.25, -0.2) is 9.37 Å². The molecule has 0 saturated carbocycles. The van der Waals surface area contributed by atoms with Crippen LogP contribution in [-0.4, -0.2) is 15.9 Å². The van der Waals surface area contributed by atoms with E-state index in [1.54, 1.807) is 24.5 Å². The molecule has 2 aromatic rings. The molecule has 0 aliphatic heterocycles. The molecule has 0 aliphatic rings. The number of H-pyrrole nitrogens is 1. The molecule has 0 fully saturated rings. The van der Waals surface area contributed by atoms with E-state index >= 15 is 0 Å². The van der Waals surface area contributed by atoms with Gasteiger partial charge in [-0.05, 0) is 30.2 Å². The quantitative estimate of drug-likeness (QED) is 0.831. The van der Waals surface area contributed by atoms with E-state index < -0.39 is 5.82 Å². The maximum atomic E-state index is 13.0. The number of benzene rings is 1. The van der Waals surface area contributed by atoms with Crippen molar-refractivity contribution in [2.45, 2.75) is 19.4 Å². The highest BCUT2D eigenvalue weighted by atomic mass is 35.5. The smallest absolute Gasteiger partial charge is 0.244 e. The van der Waals surface area contributed by atoms with Crippen molar-refractivity contribution in [1.82, 2.24) is 15.3 Å². The third-order valence-electron chi connectivity index (χ3n) is 2.94. The van der Waals surface area contributed by atoms with E-state index in [2.05, 4.69) is 15.3 Å². The zero-order valence-corrected chi connectivity index (χ0v) is 12.2. The molecule has 0 aliphatic carbocycles. The molecule has 1 unspecified atom stereocenters. The van der Waals surface area contributed by atoms with Crippen molar-refractivity contribution in [2.75, 3.05) is 0 Å². The van der Waals surface area contributed by atoms with Crippen LogP contribution in [0.25, 0.3) is 6.08 Å². The number of carbonyl (C=O) groups is 1. The van der Waals surface area contributed by atoms with Gasteiger partial charge in [-0.2, -0.15) is 0 Å². The second-order valence-electron chi connectivity index (χ2n) is 4.45. The summed E-state index contributed by atoms with van der Waals surface area (Å²) < 4.78 is 13.0. The maximum absolute atomic E-state index is 13.0. The van der Waals surface area contributed by atoms with Crippen LogP contribution in [0.3, 0.4) is 0 Å². The highest BCUT2D eigenvalue weighted by Gasteiger charge is 2.12. The Hall–Kier alpha value is -2.14. The number of nitrogens with zero attached hydrogens (tertiary/aromatic N) is 1. The van der Waals surface area contributed by atoms with Gasteiger partial charge in [0, 0.05) is 18.5 Å². The fourth-order valence-electron chi connectivity index (χ4n) is 1.84. The van der Waals surface area contributed by atoms with Gasteiger partial charge in [0.1, 0.15) is 11.6 Å². The Morgan fingerprint density at radius 1 is 1.57 bits per heavy atom. The Balaban J connectivity index is 2.00. The summed E-state index contributed by atoms with van der Waals surface area (Å²) >= 11 is 5.68. The molecule has 1 heterocycles. The maximum Gasteiger partial charge on any atom is 0.244 e. The first kappa shape index (κ1) is 15.3.